The van der Waals surface area contributed by atoms with Gasteiger partial charge in [-0.15, -0.1) is 5.10 Å². The molecule has 10 heteroatoms. The van der Waals surface area contributed by atoms with Crippen LogP contribution in [0.5, 0.6) is 5.75 Å². The highest BCUT2D eigenvalue weighted by Crippen LogP contribution is 2.24. The molecule has 0 unspecified atom stereocenters. The van der Waals surface area contributed by atoms with Gasteiger partial charge >= 0.3 is 0 Å². The number of nitrogens with zero attached hydrogens (tertiary/aromatic N) is 7. The fraction of sp³-hybridized carbons (Fsp3) is 0.278. The number of H-pyrrole nitrogens is 1. The Balaban J connectivity index is 1.50. The number of nitrogens with one attached hydrogen (secondary N) is 2. The molecule has 10 nitrogen and oxygen atoms in total. The largest absolute Gasteiger partial charge is 0.497 e. The molecule has 4 aromatic rings. The number of likely N-dealkylation sites (tertiary alicyclic amines) is 1. The van der Waals surface area contributed by atoms with Crippen LogP contribution in [0.2, 0.25) is 0 Å². The molecule has 28 heavy (non-hydrogen) atoms. The molecule has 142 valence electrons. The van der Waals surface area contributed by atoms with Crippen molar-refractivity contribution < 1.29 is 4.74 Å². The number of hydrogen-bond acceptors (Lipinski definition) is 8. The van der Waals surface area contributed by atoms with E-state index in [4.69, 9.17) is 4.74 Å². The molecule has 0 saturated carbocycles. The monoisotopic (exact) mass is 377 g/mol. The molecule has 1 aromatic carbocycles. The number of methoxy groups -OCH3 is 1. The summed E-state index contributed by atoms with van der Waals surface area (Å²) in [5.41, 5.74) is 2.98. The van der Waals surface area contributed by atoms with Gasteiger partial charge in [-0.1, -0.05) is 17.3 Å². The Bertz CT molecular complexity index is 1130. The van der Waals surface area contributed by atoms with Gasteiger partial charge in [-0.3, -0.25) is 0 Å². The summed E-state index contributed by atoms with van der Waals surface area (Å²) in [6.45, 7) is 1.94. The van der Waals surface area contributed by atoms with E-state index in [0.717, 1.165) is 29.9 Å². The Morgan fingerprint density at radius 2 is 2.14 bits per heavy atom. The minimum atomic E-state index is 0.349. The molecule has 1 fully saturated rings. The Labute approximate surface area is 160 Å². The van der Waals surface area contributed by atoms with E-state index in [-0.39, 0.29) is 0 Å². The molecular formula is C18H19N9O. The lowest BCUT2D eigenvalue weighted by atomic mass is 10.1. The highest BCUT2D eigenvalue weighted by molar-refractivity contribution is 5.83. The van der Waals surface area contributed by atoms with E-state index >= 15 is 0 Å². The first kappa shape index (κ1) is 16.6. The first-order valence-corrected chi connectivity index (χ1v) is 8.93. The van der Waals surface area contributed by atoms with Crippen LogP contribution in [0.4, 0.5) is 5.82 Å². The summed E-state index contributed by atoms with van der Waals surface area (Å²) >= 11 is 0. The molecule has 1 aliphatic heterocycles. The van der Waals surface area contributed by atoms with E-state index in [2.05, 4.69) is 47.5 Å². The second-order valence-electron chi connectivity index (χ2n) is 6.82. The number of aromatic amines is 1. The van der Waals surface area contributed by atoms with Gasteiger partial charge in [-0.25, -0.2) is 4.98 Å². The number of imidazole rings is 1. The van der Waals surface area contributed by atoms with E-state index < -0.39 is 0 Å². The standard InChI is InChI=1S/C18H19N9O/c1-26-7-12(8-26)21-17-15-16(20-10-19-15)22-18(23-17)27-9-14(24-25-27)11-4-3-5-13(6-11)28-2/h3-6,9-10,12H,7-8H2,1-2H3,(H2,19,20,21,22,23). The fourth-order valence-electron chi connectivity index (χ4n) is 3.29. The van der Waals surface area contributed by atoms with Gasteiger partial charge in [0.05, 0.1) is 25.7 Å². The van der Waals surface area contributed by atoms with Crippen LogP contribution in [-0.4, -0.2) is 73.1 Å². The first-order valence-electron chi connectivity index (χ1n) is 8.93. The fourth-order valence-corrected chi connectivity index (χ4v) is 3.29. The molecule has 3 aromatic heterocycles. The molecule has 0 amide bonds. The lowest BCUT2D eigenvalue weighted by molar-refractivity contribution is 0.205. The number of aromatic nitrogens is 7. The molecule has 0 atom stereocenters. The summed E-state index contributed by atoms with van der Waals surface area (Å²) in [5, 5.41) is 11.9. The molecule has 0 aliphatic carbocycles. The maximum atomic E-state index is 5.28. The first-order chi connectivity index (χ1) is 13.7. The number of fused-ring (bicyclic) bond motifs is 1. The topological polar surface area (TPSA) is 110 Å². The smallest absolute Gasteiger partial charge is 0.256 e. The van der Waals surface area contributed by atoms with Crippen LogP contribution in [0.15, 0.2) is 36.8 Å². The van der Waals surface area contributed by atoms with E-state index in [1.165, 1.54) is 0 Å². The number of rotatable bonds is 5. The van der Waals surface area contributed by atoms with Gasteiger partial charge in [0.1, 0.15) is 17.0 Å². The Kier molecular flexibility index (Phi) is 3.90. The van der Waals surface area contributed by atoms with Crippen LogP contribution >= 0.6 is 0 Å². The van der Waals surface area contributed by atoms with Gasteiger partial charge in [-0.2, -0.15) is 14.6 Å². The van der Waals surface area contributed by atoms with Gasteiger partial charge < -0.3 is 19.9 Å². The summed E-state index contributed by atoms with van der Waals surface area (Å²) in [6.07, 6.45) is 3.41. The van der Waals surface area contributed by atoms with Crippen LogP contribution in [0.1, 0.15) is 0 Å². The highest BCUT2D eigenvalue weighted by Gasteiger charge is 2.25. The zero-order chi connectivity index (χ0) is 19.1. The number of benzene rings is 1. The Morgan fingerprint density at radius 1 is 1.25 bits per heavy atom. The molecular weight excluding hydrogens is 358 g/mol. The minimum Gasteiger partial charge on any atom is -0.497 e. The molecule has 5 rings (SSSR count). The maximum Gasteiger partial charge on any atom is 0.256 e. The van der Waals surface area contributed by atoms with Gasteiger partial charge in [0, 0.05) is 18.7 Å². The van der Waals surface area contributed by atoms with Crippen molar-refractivity contribution in [3.05, 3.63) is 36.8 Å². The molecule has 1 saturated heterocycles. The number of ether oxygens (including phenoxy) is 1. The minimum absolute atomic E-state index is 0.349. The lowest BCUT2D eigenvalue weighted by Gasteiger charge is -2.36. The summed E-state index contributed by atoms with van der Waals surface area (Å²) in [7, 11) is 3.72. The summed E-state index contributed by atoms with van der Waals surface area (Å²) in [4.78, 5) is 18.8. The van der Waals surface area contributed by atoms with Gasteiger partial charge in [0.15, 0.2) is 11.5 Å². The average Bonchev–Trinajstić information content (AvgIpc) is 3.36. The van der Waals surface area contributed by atoms with Crippen molar-refractivity contribution in [1.29, 1.82) is 0 Å². The van der Waals surface area contributed by atoms with Crippen LogP contribution in [0, 0.1) is 0 Å². The van der Waals surface area contributed by atoms with Crippen molar-refractivity contribution in [2.75, 3.05) is 32.6 Å². The molecule has 1 aliphatic rings. The van der Waals surface area contributed by atoms with Gasteiger partial charge in [-0.05, 0) is 19.2 Å². The second-order valence-corrected chi connectivity index (χ2v) is 6.82. The lowest BCUT2D eigenvalue weighted by Crippen LogP contribution is -2.52. The van der Waals surface area contributed by atoms with Crippen LogP contribution in [0.3, 0.4) is 0 Å². The van der Waals surface area contributed by atoms with Crippen LogP contribution in [-0.2, 0) is 0 Å². The van der Waals surface area contributed by atoms with Crippen molar-refractivity contribution in [3.8, 4) is 23.0 Å². The molecule has 4 heterocycles. The number of hydrogen-bond donors (Lipinski definition) is 2. The van der Waals surface area contributed by atoms with Crippen molar-refractivity contribution in [2.24, 2.45) is 0 Å². The third-order valence-electron chi connectivity index (χ3n) is 4.74. The summed E-state index contributed by atoms with van der Waals surface area (Å²) < 4.78 is 6.84. The zero-order valence-electron chi connectivity index (χ0n) is 15.5. The van der Waals surface area contributed by atoms with Crippen LogP contribution in [0.25, 0.3) is 28.4 Å². The molecule has 0 spiro atoms. The highest BCUT2D eigenvalue weighted by atomic mass is 16.5. The van der Waals surface area contributed by atoms with Gasteiger partial charge in [0.25, 0.3) is 5.95 Å². The predicted octanol–water partition coefficient (Wildman–Crippen LogP) is 1.34. The van der Waals surface area contributed by atoms with Crippen LogP contribution < -0.4 is 10.1 Å². The average molecular weight is 377 g/mol. The second kappa shape index (κ2) is 6.57. The van der Waals surface area contributed by atoms with E-state index in [0.29, 0.717) is 29.1 Å². The molecule has 2 N–H and O–H groups in total. The number of likely N-dealkylation sites (N-methyl/N-ethyl adjacent to an activating group) is 1. The van der Waals surface area contributed by atoms with Crippen molar-refractivity contribution in [2.45, 2.75) is 6.04 Å². The molecule has 0 bridgehead atoms. The van der Waals surface area contributed by atoms with E-state index in [1.807, 2.05) is 24.3 Å². The Hall–Kier alpha value is -3.53. The van der Waals surface area contributed by atoms with E-state index in [9.17, 15) is 0 Å². The van der Waals surface area contributed by atoms with Crippen molar-refractivity contribution >= 4 is 17.0 Å². The summed E-state index contributed by atoms with van der Waals surface area (Å²) in [6, 6.07) is 8.01. The molecule has 0 radical (unpaired) electrons. The summed E-state index contributed by atoms with van der Waals surface area (Å²) in [5.74, 6) is 1.89. The SMILES string of the molecule is COc1cccc(-c2cn(-c3nc(NC4CN(C)C4)c4[nH]cnc4n3)nn2)c1. The number of anilines is 1. The predicted molar refractivity (Wildman–Crippen MR) is 103 cm³/mol. The van der Waals surface area contributed by atoms with Gasteiger partial charge in [0.2, 0.25) is 0 Å². The van der Waals surface area contributed by atoms with Crippen molar-refractivity contribution in [3.63, 3.8) is 0 Å². The normalized spacial score (nSPS) is 14.9. The Morgan fingerprint density at radius 3 is 2.96 bits per heavy atom. The maximum absolute atomic E-state index is 5.28. The van der Waals surface area contributed by atoms with E-state index in [1.54, 1.807) is 24.3 Å². The zero-order valence-corrected chi connectivity index (χ0v) is 15.5. The quantitative estimate of drug-likeness (QED) is 0.536. The third kappa shape index (κ3) is 2.93. The third-order valence-corrected chi connectivity index (χ3v) is 4.74. The van der Waals surface area contributed by atoms with Crippen molar-refractivity contribution in [1.82, 2.24) is 39.8 Å².